The van der Waals surface area contributed by atoms with Gasteiger partial charge in [0.25, 0.3) is 5.91 Å². The lowest BCUT2D eigenvalue weighted by Gasteiger charge is -2.15. The molecule has 172 valence electrons. The van der Waals surface area contributed by atoms with Crippen LogP contribution in [-0.4, -0.2) is 32.4 Å². The van der Waals surface area contributed by atoms with Crippen molar-refractivity contribution in [2.24, 2.45) is 11.5 Å². The Hall–Kier alpha value is -4.40. The molecule has 9 heteroatoms. The Labute approximate surface area is 194 Å². The Morgan fingerprint density at radius 3 is 2.24 bits per heavy atom. The SMILES string of the molecule is CC(=O)c1ccc(Cn2nc(C)c(-c3c(C(N)=O)nc4cccc(F)c4c3C(N)=O)c2C)cc1. The number of nitrogens with zero attached hydrogens (tertiary/aromatic N) is 3. The lowest BCUT2D eigenvalue weighted by molar-refractivity contribution is 0.0992. The molecule has 4 rings (SSSR count). The van der Waals surface area contributed by atoms with Crippen LogP contribution in [0.1, 0.15) is 55.1 Å². The zero-order chi connectivity index (χ0) is 24.7. The zero-order valence-electron chi connectivity index (χ0n) is 18.8. The van der Waals surface area contributed by atoms with Crippen molar-refractivity contribution in [1.29, 1.82) is 0 Å². The number of primary amides is 2. The first-order valence-corrected chi connectivity index (χ1v) is 10.5. The molecule has 4 aromatic rings. The quantitative estimate of drug-likeness (QED) is 0.427. The first kappa shape index (κ1) is 22.8. The van der Waals surface area contributed by atoms with E-state index in [1.807, 2.05) is 12.1 Å². The second-order valence-electron chi connectivity index (χ2n) is 8.03. The molecule has 4 N–H and O–H groups in total. The van der Waals surface area contributed by atoms with E-state index in [1.54, 1.807) is 30.7 Å². The Bertz CT molecular complexity index is 1490. The van der Waals surface area contributed by atoms with Gasteiger partial charge in [-0.15, -0.1) is 0 Å². The van der Waals surface area contributed by atoms with E-state index in [0.717, 1.165) is 5.56 Å². The van der Waals surface area contributed by atoms with Crippen molar-refractivity contribution in [1.82, 2.24) is 14.8 Å². The van der Waals surface area contributed by atoms with Gasteiger partial charge >= 0.3 is 0 Å². The summed E-state index contributed by atoms with van der Waals surface area (Å²) >= 11 is 0. The third kappa shape index (κ3) is 3.81. The van der Waals surface area contributed by atoms with Gasteiger partial charge in [-0.25, -0.2) is 9.37 Å². The van der Waals surface area contributed by atoms with E-state index >= 15 is 0 Å². The Morgan fingerprint density at radius 1 is 0.971 bits per heavy atom. The molecule has 8 nitrogen and oxygen atoms in total. The van der Waals surface area contributed by atoms with E-state index in [2.05, 4.69) is 10.1 Å². The van der Waals surface area contributed by atoms with E-state index in [9.17, 15) is 18.8 Å². The summed E-state index contributed by atoms with van der Waals surface area (Å²) in [5.41, 5.74) is 14.1. The fraction of sp³-hybridized carbons (Fsp3) is 0.160. The van der Waals surface area contributed by atoms with Crippen molar-refractivity contribution in [3.63, 3.8) is 0 Å². The molecule has 0 aliphatic carbocycles. The minimum absolute atomic E-state index is 0.0334. The molecule has 2 aromatic carbocycles. The van der Waals surface area contributed by atoms with Gasteiger partial charge in [-0.05, 0) is 38.5 Å². The highest BCUT2D eigenvalue weighted by molar-refractivity contribution is 6.15. The van der Waals surface area contributed by atoms with E-state index in [4.69, 9.17) is 11.5 Å². The van der Waals surface area contributed by atoms with Crippen LogP contribution in [0.4, 0.5) is 4.39 Å². The zero-order valence-corrected chi connectivity index (χ0v) is 18.8. The van der Waals surface area contributed by atoms with Crippen LogP contribution >= 0.6 is 0 Å². The van der Waals surface area contributed by atoms with E-state index < -0.39 is 17.6 Å². The van der Waals surface area contributed by atoms with Crippen molar-refractivity contribution in [3.05, 3.63) is 82.1 Å². The topological polar surface area (TPSA) is 134 Å². The van der Waals surface area contributed by atoms with Gasteiger partial charge in [-0.2, -0.15) is 5.10 Å². The molecule has 0 fully saturated rings. The molecular formula is C25H22FN5O3. The fourth-order valence-electron chi connectivity index (χ4n) is 4.17. The molecule has 0 radical (unpaired) electrons. The molecule has 2 amide bonds. The van der Waals surface area contributed by atoms with Crippen LogP contribution in [0.2, 0.25) is 0 Å². The molecule has 2 heterocycles. The van der Waals surface area contributed by atoms with Crippen molar-refractivity contribution in [2.45, 2.75) is 27.3 Å². The molecule has 0 atom stereocenters. The number of carbonyl (C=O) groups excluding carboxylic acids is 3. The number of nitrogens with two attached hydrogens (primary N) is 2. The number of hydrogen-bond acceptors (Lipinski definition) is 5. The number of ketones is 1. The first-order valence-electron chi connectivity index (χ1n) is 10.5. The minimum atomic E-state index is -0.915. The molecule has 2 aromatic heterocycles. The predicted molar refractivity (Wildman–Crippen MR) is 125 cm³/mol. The molecule has 0 unspecified atom stereocenters. The van der Waals surface area contributed by atoms with Crippen LogP contribution in [0.3, 0.4) is 0 Å². The van der Waals surface area contributed by atoms with Crippen molar-refractivity contribution in [3.8, 4) is 11.1 Å². The average molecular weight is 459 g/mol. The summed E-state index contributed by atoms with van der Waals surface area (Å²) in [6.07, 6.45) is 0. The average Bonchev–Trinajstić information content (AvgIpc) is 3.05. The highest BCUT2D eigenvalue weighted by Crippen LogP contribution is 2.37. The number of halogens is 1. The van der Waals surface area contributed by atoms with Crippen LogP contribution in [0.5, 0.6) is 0 Å². The predicted octanol–water partition coefficient (Wildman–Crippen LogP) is 3.30. The van der Waals surface area contributed by atoms with Gasteiger partial charge in [0.15, 0.2) is 5.78 Å². The maximum Gasteiger partial charge on any atom is 0.267 e. The highest BCUT2D eigenvalue weighted by atomic mass is 19.1. The van der Waals surface area contributed by atoms with Gasteiger partial charge in [0, 0.05) is 27.8 Å². The number of pyridine rings is 1. The van der Waals surface area contributed by atoms with Gasteiger partial charge in [-0.1, -0.05) is 30.3 Å². The molecule has 34 heavy (non-hydrogen) atoms. The van der Waals surface area contributed by atoms with Gasteiger partial charge < -0.3 is 11.5 Å². The van der Waals surface area contributed by atoms with Crippen LogP contribution in [-0.2, 0) is 6.54 Å². The summed E-state index contributed by atoms with van der Waals surface area (Å²) in [7, 11) is 0. The number of amides is 2. The van der Waals surface area contributed by atoms with Crippen LogP contribution in [0, 0.1) is 19.7 Å². The van der Waals surface area contributed by atoms with Crippen molar-refractivity contribution < 1.29 is 18.8 Å². The molecule has 0 aliphatic heterocycles. The summed E-state index contributed by atoms with van der Waals surface area (Å²) in [5.74, 6) is -2.52. The Balaban J connectivity index is 1.95. The lowest BCUT2D eigenvalue weighted by Crippen LogP contribution is -2.21. The van der Waals surface area contributed by atoms with E-state index in [0.29, 0.717) is 29.1 Å². The number of carbonyl (C=O) groups is 3. The molecule has 0 spiro atoms. The summed E-state index contributed by atoms with van der Waals surface area (Å²) < 4.78 is 16.5. The smallest absolute Gasteiger partial charge is 0.267 e. The molecule has 0 bridgehead atoms. The van der Waals surface area contributed by atoms with Gasteiger partial charge in [0.2, 0.25) is 5.91 Å². The maximum atomic E-state index is 14.8. The number of hydrogen-bond donors (Lipinski definition) is 2. The fourth-order valence-corrected chi connectivity index (χ4v) is 4.17. The van der Waals surface area contributed by atoms with Crippen LogP contribution in [0.25, 0.3) is 22.0 Å². The molecule has 0 aliphatic rings. The third-order valence-electron chi connectivity index (χ3n) is 5.76. The number of rotatable bonds is 6. The standard InChI is InChI=1S/C25H22FN5O3/c1-12-19(13(2)31(30-12)11-15-7-9-16(10-8-15)14(3)32)21-22(24(27)33)20-17(26)5-4-6-18(20)29-23(21)25(28)34/h4-10H,11H2,1-3H3,(H2,27,33)(H2,28,34). The van der Waals surface area contributed by atoms with E-state index in [1.165, 1.54) is 25.1 Å². The summed E-state index contributed by atoms with van der Waals surface area (Å²) in [6, 6.07) is 11.2. The summed E-state index contributed by atoms with van der Waals surface area (Å²) in [5, 5.41) is 4.48. The second kappa shape index (κ2) is 8.51. The highest BCUT2D eigenvalue weighted by Gasteiger charge is 2.28. The number of fused-ring (bicyclic) bond motifs is 1. The maximum absolute atomic E-state index is 14.8. The molecular weight excluding hydrogens is 437 g/mol. The second-order valence-corrected chi connectivity index (χ2v) is 8.03. The van der Waals surface area contributed by atoms with Crippen LogP contribution in [0.15, 0.2) is 42.5 Å². The van der Waals surface area contributed by atoms with Gasteiger partial charge in [0.05, 0.1) is 23.3 Å². The third-order valence-corrected chi connectivity index (χ3v) is 5.76. The Kier molecular flexibility index (Phi) is 5.70. The number of Topliss-reactive ketones (excluding diaryl/α,β-unsaturated/α-hetero) is 1. The number of aromatic nitrogens is 3. The number of aryl methyl sites for hydroxylation is 1. The first-order chi connectivity index (χ1) is 16.1. The molecule has 0 saturated carbocycles. The minimum Gasteiger partial charge on any atom is -0.366 e. The monoisotopic (exact) mass is 459 g/mol. The van der Waals surface area contributed by atoms with Gasteiger partial charge in [-0.3, -0.25) is 19.1 Å². The normalized spacial score (nSPS) is 11.1. The lowest BCUT2D eigenvalue weighted by atomic mass is 9.92. The molecule has 0 saturated heterocycles. The van der Waals surface area contributed by atoms with Crippen LogP contribution < -0.4 is 11.5 Å². The van der Waals surface area contributed by atoms with Crippen molar-refractivity contribution in [2.75, 3.05) is 0 Å². The summed E-state index contributed by atoms with van der Waals surface area (Å²) in [6.45, 7) is 5.33. The number of benzene rings is 2. The van der Waals surface area contributed by atoms with Gasteiger partial charge in [0.1, 0.15) is 11.5 Å². The van der Waals surface area contributed by atoms with E-state index in [-0.39, 0.29) is 33.5 Å². The van der Waals surface area contributed by atoms with Crippen molar-refractivity contribution >= 4 is 28.5 Å². The summed E-state index contributed by atoms with van der Waals surface area (Å²) in [4.78, 5) is 40.7. The largest absolute Gasteiger partial charge is 0.366 e. The Morgan fingerprint density at radius 2 is 1.65 bits per heavy atom.